The molecule has 12 heteroatoms. The van der Waals surface area contributed by atoms with Gasteiger partial charge in [0.05, 0.1) is 36.1 Å². The predicted molar refractivity (Wildman–Crippen MR) is 121 cm³/mol. The maximum Gasteiger partial charge on any atom is 0.416 e. The van der Waals surface area contributed by atoms with Gasteiger partial charge in [-0.15, -0.1) is 0 Å². The number of carbonyl (C=O) groups excluding carboxylic acids is 2. The minimum Gasteiger partial charge on any atom is -0.455 e. The van der Waals surface area contributed by atoms with E-state index in [1.165, 1.54) is 6.07 Å². The minimum absolute atomic E-state index is 0.0129. The van der Waals surface area contributed by atoms with Crippen LogP contribution < -0.4 is 15.1 Å². The van der Waals surface area contributed by atoms with E-state index < -0.39 is 30.2 Å². The number of aromatic nitrogens is 2. The highest BCUT2D eigenvalue weighted by Gasteiger charge is 2.32. The van der Waals surface area contributed by atoms with Crippen molar-refractivity contribution < 1.29 is 32.2 Å². The summed E-state index contributed by atoms with van der Waals surface area (Å²) in [5, 5.41) is 2.48. The number of morpholine rings is 1. The summed E-state index contributed by atoms with van der Waals surface area (Å²) in [7, 11) is 0. The van der Waals surface area contributed by atoms with Crippen molar-refractivity contribution in [2.45, 2.75) is 19.0 Å². The largest absolute Gasteiger partial charge is 0.455 e. The number of nitrogens with zero attached hydrogens (tertiary/aromatic N) is 4. The molecule has 2 aliphatic rings. The van der Waals surface area contributed by atoms with Crippen molar-refractivity contribution in [2.75, 3.05) is 61.1 Å². The SMILES string of the molecule is O=C(COC(=O)C1CCN(c2ncccn2)CC1)Nc1cc(C(F)(F)F)ccc1N1CCOCC1. The molecule has 0 saturated carbocycles. The Morgan fingerprint density at radius 3 is 2.40 bits per heavy atom. The second kappa shape index (κ2) is 10.9. The lowest BCUT2D eigenvalue weighted by atomic mass is 9.97. The Hall–Kier alpha value is -3.41. The normalized spacial score (nSPS) is 17.2. The molecule has 4 rings (SSSR count). The zero-order valence-electron chi connectivity index (χ0n) is 19.0. The van der Waals surface area contributed by atoms with E-state index in [1.807, 2.05) is 9.80 Å². The number of hydrogen-bond donors (Lipinski definition) is 1. The molecule has 188 valence electrons. The van der Waals surface area contributed by atoms with Gasteiger partial charge in [0.2, 0.25) is 5.95 Å². The molecule has 2 saturated heterocycles. The molecule has 1 N–H and O–H groups in total. The first-order valence-electron chi connectivity index (χ1n) is 11.3. The maximum absolute atomic E-state index is 13.2. The third-order valence-electron chi connectivity index (χ3n) is 5.96. The zero-order valence-corrected chi connectivity index (χ0v) is 19.0. The molecule has 2 fully saturated rings. The number of ether oxygens (including phenoxy) is 2. The monoisotopic (exact) mass is 493 g/mol. The summed E-state index contributed by atoms with van der Waals surface area (Å²) in [6.07, 6.45) is -0.220. The Balaban J connectivity index is 1.33. The fraction of sp³-hybridized carbons (Fsp3) is 0.478. The van der Waals surface area contributed by atoms with E-state index in [1.54, 1.807) is 18.5 Å². The summed E-state index contributed by atoms with van der Waals surface area (Å²) in [5.41, 5.74) is -0.411. The Bertz CT molecular complexity index is 1020. The van der Waals surface area contributed by atoms with Gasteiger partial charge in [-0.25, -0.2) is 9.97 Å². The van der Waals surface area contributed by atoms with Crippen LogP contribution in [0.2, 0.25) is 0 Å². The Morgan fingerprint density at radius 2 is 1.74 bits per heavy atom. The van der Waals surface area contributed by atoms with Crippen LogP contribution in [-0.2, 0) is 25.2 Å². The topological polar surface area (TPSA) is 96.9 Å². The third kappa shape index (κ3) is 6.38. The number of alkyl halides is 3. The molecule has 9 nitrogen and oxygen atoms in total. The van der Waals surface area contributed by atoms with Crippen molar-refractivity contribution in [1.82, 2.24) is 9.97 Å². The van der Waals surface area contributed by atoms with Crippen LogP contribution in [0, 0.1) is 5.92 Å². The first-order chi connectivity index (χ1) is 16.8. The zero-order chi connectivity index (χ0) is 24.8. The minimum atomic E-state index is -4.56. The summed E-state index contributed by atoms with van der Waals surface area (Å²) in [6.45, 7) is 2.39. The summed E-state index contributed by atoms with van der Waals surface area (Å²) >= 11 is 0. The van der Waals surface area contributed by atoms with Gasteiger partial charge in [0.1, 0.15) is 0 Å². The highest BCUT2D eigenvalue weighted by Crippen LogP contribution is 2.35. The van der Waals surface area contributed by atoms with Crippen LogP contribution in [0.15, 0.2) is 36.7 Å². The molecule has 0 atom stereocenters. The van der Waals surface area contributed by atoms with E-state index >= 15 is 0 Å². The second-order valence-corrected chi connectivity index (χ2v) is 8.30. The summed E-state index contributed by atoms with van der Waals surface area (Å²) in [5.74, 6) is -0.996. The Labute approximate surface area is 200 Å². The standard InChI is InChI=1S/C23H26F3N5O4/c24-23(25,26)17-2-3-19(30-10-12-34-13-11-30)18(14-17)29-20(32)15-35-21(33)16-4-8-31(9-5-16)22-27-6-1-7-28-22/h1-3,6-7,14,16H,4-5,8-13,15H2,(H,29,32). The van der Waals surface area contributed by atoms with Crippen molar-refractivity contribution in [2.24, 2.45) is 5.92 Å². The van der Waals surface area contributed by atoms with Gasteiger partial charge in [-0.2, -0.15) is 13.2 Å². The Morgan fingerprint density at radius 1 is 1.06 bits per heavy atom. The van der Waals surface area contributed by atoms with Gasteiger partial charge in [-0.3, -0.25) is 9.59 Å². The smallest absolute Gasteiger partial charge is 0.416 e. The van der Waals surface area contributed by atoms with E-state index in [4.69, 9.17) is 9.47 Å². The molecule has 0 radical (unpaired) electrons. The Kier molecular flexibility index (Phi) is 7.69. The lowest BCUT2D eigenvalue weighted by Crippen LogP contribution is -2.38. The van der Waals surface area contributed by atoms with E-state index in [2.05, 4.69) is 15.3 Å². The van der Waals surface area contributed by atoms with Gasteiger partial charge >= 0.3 is 12.1 Å². The lowest BCUT2D eigenvalue weighted by molar-refractivity contribution is -0.152. The van der Waals surface area contributed by atoms with Gasteiger partial charge in [-0.1, -0.05) is 0 Å². The molecule has 0 spiro atoms. The number of halogens is 3. The molecule has 0 unspecified atom stereocenters. The van der Waals surface area contributed by atoms with E-state index in [0.717, 1.165) is 12.1 Å². The molecule has 3 heterocycles. The van der Waals surface area contributed by atoms with E-state index in [-0.39, 0.29) is 11.6 Å². The van der Waals surface area contributed by atoms with Gasteiger partial charge in [0, 0.05) is 38.6 Å². The first-order valence-corrected chi connectivity index (χ1v) is 11.3. The molecule has 1 aromatic carbocycles. The number of esters is 1. The molecule has 2 aromatic rings. The number of amides is 1. The lowest BCUT2D eigenvalue weighted by Gasteiger charge is -2.31. The van der Waals surface area contributed by atoms with Crippen LogP contribution in [0.4, 0.5) is 30.5 Å². The summed E-state index contributed by atoms with van der Waals surface area (Å²) < 4.78 is 50.2. The van der Waals surface area contributed by atoms with E-state index in [9.17, 15) is 22.8 Å². The van der Waals surface area contributed by atoms with Crippen molar-refractivity contribution >= 4 is 29.2 Å². The molecule has 0 bridgehead atoms. The van der Waals surface area contributed by atoms with Crippen LogP contribution in [0.1, 0.15) is 18.4 Å². The highest BCUT2D eigenvalue weighted by molar-refractivity contribution is 5.96. The first kappa shape index (κ1) is 24.7. The van der Waals surface area contributed by atoms with Crippen molar-refractivity contribution in [3.8, 4) is 0 Å². The fourth-order valence-electron chi connectivity index (χ4n) is 4.10. The molecular formula is C23H26F3N5O4. The van der Waals surface area contributed by atoms with Gasteiger partial charge in [0.15, 0.2) is 6.61 Å². The number of nitrogens with one attached hydrogen (secondary N) is 1. The number of anilines is 3. The number of rotatable bonds is 6. The van der Waals surface area contributed by atoms with Crippen LogP contribution in [0.3, 0.4) is 0 Å². The third-order valence-corrected chi connectivity index (χ3v) is 5.96. The maximum atomic E-state index is 13.2. The number of hydrogen-bond acceptors (Lipinski definition) is 8. The summed E-state index contributed by atoms with van der Waals surface area (Å²) in [4.78, 5) is 37.2. The highest BCUT2D eigenvalue weighted by atomic mass is 19.4. The number of benzene rings is 1. The van der Waals surface area contributed by atoms with Gasteiger partial charge in [-0.05, 0) is 37.1 Å². The average molecular weight is 493 g/mol. The summed E-state index contributed by atoms with van der Waals surface area (Å²) in [6, 6.07) is 4.93. The second-order valence-electron chi connectivity index (χ2n) is 8.30. The molecule has 2 aliphatic heterocycles. The molecule has 35 heavy (non-hydrogen) atoms. The quantitative estimate of drug-likeness (QED) is 0.614. The van der Waals surface area contributed by atoms with Crippen molar-refractivity contribution in [1.29, 1.82) is 0 Å². The number of carbonyl (C=O) groups is 2. The molecule has 0 aliphatic carbocycles. The fourth-order valence-corrected chi connectivity index (χ4v) is 4.10. The van der Waals surface area contributed by atoms with Gasteiger partial charge in [0.25, 0.3) is 5.91 Å². The molecule has 1 amide bonds. The predicted octanol–water partition coefficient (Wildman–Crippen LogP) is 2.73. The van der Waals surface area contributed by atoms with Crippen LogP contribution >= 0.6 is 0 Å². The van der Waals surface area contributed by atoms with Crippen LogP contribution in [-0.4, -0.2) is 67.8 Å². The van der Waals surface area contributed by atoms with Crippen LogP contribution in [0.5, 0.6) is 0 Å². The number of piperidine rings is 1. The van der Waals surface area contributed by atoms with Crippen molar-refractivity contribution in [3.05, 3.63) is 42.2 Å². The average Bonchev–Trinajstić information content (AvgIpc) is 2.88. The van der Waals surface area contributed by atoms with Gasteiger partial charge < -0.3 is 24.6 Å². The molecule has 1 aromatic heterocycles. The van der Waals surface area contributed by atoms with Crippen LogP contribution in [0.25, 0.3) is 0 Å². The molecular weight excluding hydrogens is 467 g/mol. The van der Waals surface area contributed by atoms with E-state index in [0.29, 0.717) is 63.9 Å². The van der Waals surface area contributed by atoms with Crippen molar-refractivity contribution in [3.63, 3.8) is 0 Å².